The fourth-order valence-electron chi connectivity index (χ4n) is 2.88. The van der Waals surface area contributed by atoms with Gasteiger partial charge in [-0.2, -0.15) is 0 Å². The summed E-state index contributed by atoms with van der Waals surface area (Å²) in [5, 5.41) is 2.86. The molecular weight excluding hydrogens is 340 g/mol. The number of aryl methyl sites for hydroxylation is 1. The van der Waals surface area contributed by atoms with Crippen molar-refractivity contribution in [3.05, 3.63) is 59.7 Å². The zero-order chi connectivity index (χ0) is 18.0. The fraction of sp³-hybridized carbons (Fsp3) is 0.278. The van der Waals surface area contributed by atoms with Crippen LogP contribution in [0, 0.1) is 6.92 Å². The number of nitrogens with zero attached hydrogens (tertiary/aromatic N) is 1. The van der Waals surface area contributed by atoms with E-state index in [4.69, 9.17) is 4.74 Å². The minimum atomic E-state index is -3.59. The van der Waals surface area contributed by atoms with E-state index < -0.39 is 10.0 Å². The number of hydrogen-bond acceptors (Lipinski definition) is 4. The standard InChI is InChI=1S/C18H20N2O4S/c1-13-7-3-5-9-16(13)20(25(2,22)23)11-18(21)19-15-12-24-17-10-6-4-8-14(15)17/h3-10,15H,11-12H2,1-2H3,(H,19,21)/t15-/m0/s1. The Balaban J connectivity index is 1.77. The van der Waals surface area contributed by atoms with Crippen LogP contribution in [0.25, 0.3) is 0 Å². The number of carbonyl (C=O) groups excluding carboxylic acids is 1. The maximum absolute atomic E-state index is 12.5. The quantitative estimate of drug-likeness (QED) is 0.885. The largest absolute Gasteiger partial charge is 0.491 e. The molecule has 25 heavy (non-hydrogen) atoms. The number of hydrogen-bond donors (Lipinski definition) is 1. The van der Waals surface area contributed by atoms with Crippen LogP contribution in [-0.4, -0.2) is 33.7 Å². The number of sulfonamides is 1. The molecule has 0 aliphatic carbocycles. The predicted octanol–water partition coefficient (Wildman–Crippen LogP) is 2.01. The summed E-state index contributed by atoms with van der Waals surface area (Å²) in [6.07, 6.45) is 1.10. The van der Waals surface area contributed by atoms with Gasteiger partial charge in [-0.1, -0.05) is 36.4 Å². The maximum Gasteiger partial charge on any atom is 0.241 e. The fourth-order valence-corrected chi connectivity index (χ4v) is 3.79. The van der Waals surface area contributed by atoms with E-state index in [0.29, 0.717) is 12.3 Å². The second-order valence-corrected chi connectivity index (χ2v) is 7.93. The topological polar surface area (TPSA) is 75.7 Å². The zero-order valence-corrected chi connectivity index (χ0v) is 14.9. The van der Waals surface area contributed by atoms with Gasteiger partial charge in [-0.3, -0.25) is 9.10 Å². The number of rotatable bonds is 5. The first-order chi connectivity index (χ1) is 11.9. The molecule has 0 radical (unpaired) electrons. The zero-order valence-electron chi connectivity index (χ0n) is 14.1. The lowest BCUT2D eigenvalue weighted by Gasteiger charge is -2.24. The van der Waals surface area contributed by atoms with Crippen molar-refractivity contribution in [2.24, 2.45) is 0 Å². The summed E-state index contributed by atoms with van der Waals surface area (Å²) in [6, 6.07) is 14.3. The van der Waals surface area contributed by atoms with Crippen molar-refractivity contribution in [3.8, 4) is 5.75 Å². The maximum atomic E-state index is 12.5. The monoisotopic (exact) mass is 360 g/mol. The van der Waals surface area contributed by atoms with Gasteiger partial charge >= 0.3 is 0 Å². The lowest BCUT2D eigenvalue weighted by molar-refractivity contribution is -0.120. The molecule has 6 nitrogen and oxygen atoms in total. The Labute approximate surface area is 147 Å². The van der Waals surface area contributed by atoms with Gasteiger partial charge < -0.3 is 10.1 Å². The molecule has 0 unspecified atom stereocenters. The second-order valence-electron chi connectivity index (χ2n) is 6.03. The van der Waals surface area contributed by atoms with E-state index in [1.54, 1.807) is 12.1 Å². The van der Waals surface area contributed by atoms with E-state index >= 15 is 0 Å². The van der Waals surface area contributed by atoms with Crippen molar-refractivity contribution in [2.75, 3.05) is 23.7 Å². The molecule has 0 saturated carbocycles. The van der Waals surface area contributed by atoms with Gasteiger partial charge in [-0.15, -0.1) is 0 Å². The number of para-hydroxylation sites is 2. The van der Waals surface area contributed by atoms with Crippen LogP contribution in [0.1, 0.15) is 17.2 Å². The van der Waals surface area contributed by atoms with Crippen molar-refractivity contribution in [1.82, 2.24) is 5.32 Å². The molecule has 3 rings (SSSR count). The van der Waals surface area contributed by atoms with E-state index in [2.05, 4.69) is 5.32 Å². The van der Waals surface area contributed by atoms with Gasteiger partial charge in [-0.05, 0) is 24.6 Å². The molecule has 0 fully saturated rings. The molecule has 0 aromatic heterocycles. The Kier molecular flexibility index (Phi) is 4.67. The van der Waals surface area contributed by atoms with E-state index in [1.807, 2.05) is 43.3 Å². The van der Waals surface area contributed by atoms with Gasteiger partial charge in [-0.25, -0.2) is 8.42 Å². The van der Waals surface area contributed by atoms with Crippen molar-refractivity contribution in [2.45, 2.75) is 13.0 Å². The predicted molar refractivity (Wildman–Crippen MR) is 96.2 cm³/mol. The number of anilines is 1. The molecular formula is C18H20N2O4S. The molecule has 0 bridgehead atoms. The van der Waals surface area contributed by atoms with Gasteiger partial charge in [0.15, 0.2) is 0 Å². The van der Waals surface area contributed by atoms with Gasteiger partial charge in [0.05, 0.1) is 18.0 Å². The Bertz CT molecular complexity index is 895. The van der Waals surface area contributed by atoms with Crippen molar-refractivity contribution in [3.63, 3.8) is 0 Å². The summed E-state index contributed by atoms with van der Waals surface area (Å²) in [7, 11) is -3.59. The highest BCUT2D eigenvalue weighted by molar-refractivity contribution is 7.92. The minimum absolute atomic E-state index is 0.275. The van der Waals surface area contributed by atoms with Gasteiger partial charge in [0, 0.05) is 5.56 Å². The molecule has 2 aromatic rings. The third-order valence-corrected chi connectivity index (χ3v) is 5.23. The Morgan fingerprint density at radius 3 is 2.60 bits per heavy atom. The number of benzene rings is 2. The molecule has 132 valence electrons. The van der Waals surface area contributed by atoms with E-state index in [9.17, 15) is 13.2 Å². The second kappa shape index (κ2) is 6.76. The molecule has 2 aromatic carbocycles. The van der Waals surface area contributed by atoms with Crippen LogP contribution in [0.2, 0.25) is 0 Å². The summed E-state index contributed by atoms with van der Waals surface area (Å²) in [6.45, 7) is 1.88. The molecule has 0 spiro atoms. The first kappa shape index (κ1) is 17.3. The summed E-state index contributed by atoms with van der Waals surface area (Å²) in [5.74, 6) is 0.366. The van der Waals surface area contributed by atoms with E-state index in [-0.39, 0.29) is 18.5 Å². The average Bonchev–Trinajstić information content (AvgIpc) is 2.96. The average molecular weight is 360 g/mol. The highest BCUT2D eigenvalue weighted by Crippen LogP contribution is 2.31. The van der Waals surface area contributed by atoms with E-state index in [0.717, 1.165) is 27.4 Å². The normalized spacial score (nSPS) is 16.0. The summed E-state index contributed by atoms with van der Waals surface area (Å²) < 4.78 is 31.0. The smallest absolute Gasteiger partial charge is 0.241 e. The van der Waals surface area contributed by atoms with Crippen LogP contribution in [0.5, 0.6) is 5.75 Å². The number of carbonyl (C=O) groups is 1. The first-order valence-corrected chi connectivity index (χ1v) is 9.75. The molecule has 1 amide bonds. The van der Waals surface area contributed by atoms with Crippen LogP contribution < -0.4 is 14.4 Å². The molecule has 1 heterocycles. The number of ether oxygens (including phenoxy) is 1. The minimum Gasteiger partial charge on any atom is -0.491 e. The summed E-state index contributed by atoms with van der Waals surface area (Å²) in [4.78, 5) is 12.5. The number of nitrogens with one attached hydrogen (secondary N) is 1. The van der Waals surface area contributed by atoms with Crippen molar-refractivity contribution >= 4 is 21.6 Å². The van der Waals surface area contributed by atoms with Crippen molar-refractivity contribution in [1.29, 1.82) is 0 Å². The van der Waals surface area contributed by atoms with E-state index in [1.165, 1.54) is 0 Å². The Morgan fingerprint density at radius 2 is 1.88 bits per heavy atom. The third kappa shape index (κ3) is 3.76. The summed E-state index contributed by atoms with van der Waals surface area (Å²) in [5.41, 5.74) is 2.19. The highest BCUT2D eigenvalue weighted by Gasteiger charge is 2.27. The van der Waals surface area contributed by atoms with Gasteiger partial charge in [0.1, 0.15) is 18.9 Å². The Morgan fingerprint density at radius 1 is 1.20 bits per heavy atom. The van der Waals surface area contributed by atoms with Crippen LogP contribution >= 0.6 is 0 Å². The van der Waals surface area contributed by atoms with Crippen LogP contribution in [0.15, 0.2) is 48.5 Å². The van der Waals surface area contributed by atoms with Crippen LogP contribution in [-0.2, 0) is 14.8 Å². The van der Waals surface area contributed by atoms with Gasteiger partial charge in [0.25, 0.3) is 0 Å². The summed E-state index contributed by atoms with van der Waals surface area (Å²) >= 11 is 0. The third-order valence-electron chi connectivity index (χ3n) is 4.11. The molecule has 7 heteroatoms. The highest BCUT2D eigenvalue weighted by atomic mass is 32.2. The molecule has 1 atom stereocenters. The lowest BCUT2D eigenvalue weighted by Crippen LogP contribution is -2.42. The SMILES string of the molecule is Cc1ccccc1N(CC(=O)N[C@H]1COc2ccccc21)S(C)(=O)=O. The first-order valence-electron chi connectivity index (χ1n) is 7.90. The molecule has 1 N–H and O–H groups in total. The van der Waals surface area contributed by atoms with Gasteiger partial charge in [0.2, 0.25) is 15.9 Å². The molecule has 0 saturated heterocycles. The van der Waals surface area contributed by atoms with Crippen LogP contribution in [0.4, 0.5) is 5.69 Å². The molecule has 1 aliphatic heterocycles. The van der Waals surface area contributed by atoms with Crippen molar-refractivity contribution < 1.29 is 17.9 Å². The molecule has 1 aliphatic rings. The number of fused-ring (bicyclic) bond motifs is 1. The Hall–Kier alpha value is -2.54. The van der Waals surface area contributed by atoms with Crippen LogP contribution in [0.3, 0.4) is 0 Å². The number of amides is 1. The lowest BCUT2D eigenvalue weighted by atomic mass is 10.1.